The molecule has 0 saturated carbocycles. The van der Waals surface area contributed by atoms with Gasteiger partial charge in [0.1, 0.15) is 6.61 Å². The van der Waals surface area contributed by atoms with Crippen molar-refractivity contribution >= 4 is 39.6 Å². The third kappa shape index (κ3) is 5.36. The summed E-state index contributed by atoms with van der Waals surface area (Å²) in [6.45, 7) is -0.0862. The number of carboxylic acid groups (broad SMARTS) is 1. The second-order valence-electron chi connectivity index (χ2n) is 7.96. The zero-order valence-corrected chi connectivity index (χ0v) is 20.4. The molecule has 1 aliphatic rings. The fraction of sp³-hybridized carbons (Fsp3) is 0.192. The number of methoxy groups -OCH3 is 1. The molecule has 1 atom stereocenters. The zero-order valence-electron chi connectivity index (χ0n) is 18.8. The molecule has 0 spiro atoms. The van der Waals surface area contributed by atoms with Gasteiger partial charge >= 0.3 is 12.1 Å². The standard InChI is InChI=1S/C26H23BrN2O6/c1-34-14-23(25(31)32)28-24(30)20-11-10-15(27)12-22(20)29-26(33)35-13-21-18-8-4-2-6-16(18)17-7-3-5-9-19(17)21/h2-12,21,23H,13-14H2,1H3,(H,28,30)(H,29,33)(H,31,32). The maximum absolute atomic E-state index is 12.8. The summed E-state index contributed by atoms with van der Waals surface area (Å²) in [5.74, 6) is -2.01. The van der Waals surface area contributed by atoms with E-state index in [9.17, 15) is 19.5 Å². The number of rotatable bonds is 8. The minimum atomic E-state index is -1.24. The Hall–Kier alpha value is -3.69. The second-order valence-corrected chi connectivity index (χ2v) is 8.88. The van der Waals surface area contributed by atoms with Crippen LogP contribution in [-0.2, 0) is 14.3 Å². The van der Waals surface area contributed by atoms with Gasteiger partial charge in [0.05, 0.1) is 17.9 Å². The SMILES string of the molecule is COCC(NC(=O)c1ccc(Br)cc1NC(=O)OCC1c2ccccc2-c2ccccc21)C(=O)O. The van der Waals surface area contributed by atoms with Gasteiger partial charge in [0.2, 0.25) is 0 Å². The molecule has 8 nitrogen and oxygen atoms in total. The molecule has 0 radical (unpaired) electrons. The normalized spacial score (nSPS) is 12.9. The summed E-state index contributed by atoms with van der Waals surface area (Å²) >= 11 is 3.33. The van der Waals surface area contributed by atoms with Crippen molar-refractivity contribution < 1.29 is 29.0 Å². The van der Waals surface area contributed by atoms with Gasteiger partial charge in [-0.1, -0.05) is 64.5 Å². The molecule has 3 aromatic carbocycles. The lowest BCUT2D eigenvalue weighted by Crippen LogP contribution is -2.44. The van der Waals surface area contributed by atoms with E-state index in [1.807, 2.05) is 36.4 Å². The molecule has 1 aliphatic carbocycles. The van der Waals surface area contributed by atoms with E-state index in [0.29, 0.717) is 4.47 Å². The molecule has 0 heterocycles. The fourth-order valence-corrected chi connectivity index (χ4v) is 4.50. The van der Waals surface area contributed by atoms with Crippen molar-refractivity contribution in [2.45, 2.75) is 12.0 Å². The highest BCUT2D eigenvalue weighted by molar-refractivity contribution is 9.10. The van der Waals surface area contributed by atoms with Crippen LogP contribution in [0.3, 0.4) is 0 Å². The van der Waals surface area contributed by atoms with E-state index in [1.165, 1.54) is 13.2 Å². The quantitative estimate of drug-likeness (QED) is 0.385. The van der Waals surface area contributed by atoms with E-state index in [2.05, 4.69) is 38.7 Å². The van der Waals surface area contributed by atoms with Crippen LogP contribution in [0.1, 0.15) is 27.4 Å². The van der Waals surface area contributed by atoms with Crippen molar-refractivity contribution in [3.63, 3.8) is 0 Å². The van der Waals surface area contributed by atoms with Crippen LogP contribution in [0.4, 0.5) is 10.5 Å². The zero-order chi connectivity index (χ0) is 24.9. The molecule has 3 aromatic rings. The first-order valence-corrected chi connectivity index (χ1v) is 11.6. The highest BCUT2D eigenvalue weighted by atomic mass is 79.9. The summed E-state index contributed by atoms with van der Waals surface area (Å²) in [6.07, 6.45) is -0.731. The molecule has 2 amide bonds. The number of carboxylic acids is 1. The number of aliphatic carboxylic acids is 1. The molecular weight excluding hydrogens is 516 g/mol. The van der Waals surface area contributed by atoms with Crippen LogP contribution < -0.4 is 10.6 Å². The molecule has 3 N–H and O–H groups in total. The Labute approximate surface area is 210 Å². The fourth-order valence-electron chi connectivity index (χ4n) is 4.14. The summed E-state index contributed by atoms with van der Waals surface area (Å²) in [7, 11) is 1.34. The number of halogens is 1. The van der Waals surface area contributed by atoms with Gasteiger partial charge in [-0.3, -0.25) is 10.1 Å². The predicted octanol–water partition coefficient (Wildman–Crippen LogP) is 4.64. The maximum Gasteiger partial charge on any atom is 0.411 e. The summed E-state index contributed by atoms with van der Waals surface area (Å²) < 4.78 is 11.0. The number of nitrogens with one attached hydrogen (secondary N) is 2. The molecule has 35 heavy (non-hydrogen) atoms. The number of amides is 2. The Morgan fingerprint density at radius 3 is 2.23 bits per heavy atom. The van der Waals surface area contributed by atoms with Gasteiger partial charge in [-0.25, -0.2) is 9.59 Å². The third-order valence-electron chi connectivity index (χ3n) is 5.74. The smallest absolute Gasteiger partial charge is 0.411 e. The number of anilines is 1. The van der Waals surface area contributed by atoms with Crippen molar-refractivity contribution in [1.29, 1.82) is 0 Å². The maximum atomic E-state index is 12.8. The van der Waals surface area contributed by atoms with Crippen LogP contribution in [-0.4, -0.2) is 49.4 Å². The van der Waals surface area contributed by atoms with Gasteiger partial charge in [-0.05, 0) is 40.5 Å². The molecule has 9 heteroatoms. The lowest BCUT2D eigenvalue weighted by molar-refractivity contribution is -0.140. The molecule has 0 bridgehead atoms. The predicted molar refractivity (Wildman–Crippen MR) is 134 cm³/mol. The Morgan fingerprint density at radius 2 is 1.63 bits per heavy atom. The highest BCUT2D eigenvalue weighted by Crippen LogP contribution is 2.44. The van der Waals surface area contributed by atoms with Gasteiger partial charge in [-0.15, -0.1) is 0 Å². The summed E-state index contributed by atoms with van der Waals surface area (Å²) in [4.78, 5) is 36.8. The van der Waals surface area contributed by atoms with Gasteiger partial charge in [0, 0.05) is 17.5 Å². The van der Waals surface area contributed by atoms with Crippen molar-refractivity contribution in [3.8, 4) is 11.1 Å². The summed E-state index contributed by atoms with van der Waals surface area (Å²) in [5.41, 5.74) is 4.67. The Kier molecular flexibility index (Phi) is 7.48. The van der Waals surface area contributed by atoms with Crippen LogP contribution in [0.25, 0.3) is 11.1 Å². The molecule has 0 saturated heterocycles. The Balaban J connectivity index is 1.48. The van der Waals surface area contributed by atoms with E-state index in [1.54, 1.807) is 12.1 Å². The van der Waals surface area contributed by atoms with E-state index in [0.717, 1.165) is 22.3 Å². The minimum absolute atomic E-state index is 0.0871. The van der Waals surface area contributed by atoms with Crippen LogP contribution in [0, 0.1) is 0 Å². The first-order valence-electron chi connectivity index (χ1n) is 10.8. The molecule has 0 aromatic heterocycles. The second kappa shape index (κ2) is 10.7. The number of carbonyl (C=O) groups is 3. The monoisotopic (exact) mass is 538 g/mol. The highest BCUT2D eigenvalue weighted by Gasteiger charge is 2.29. The van der Waals surface area contributed by atoms with E-state index in [-0.39, 0.29) is 30.4 Å². The van der Waals surface area contributed by atoms with Crippen molar-refractivity contribution in [2.24, 2.45) is 0 Å². The molecule has 1 unspecified atom stereocenters. The van der Waals surface area contributed by atoms with Crippen molar-refractivity contribution in [2.75, 3.05) is 25.6 Å². The van der Waals surface area contributed by atoms with Gasteiger partial charge in [0.25, 0.3) is 5.91 Å². The topological polar surface area (TPSA) is 114 Å². The molecule has 0 aliphatic heterocycles. The lowest BCUT2D eigenvalue weighted by atomic mass is 9.98. The lowest BCUT2D eigenvalue weighted by Gasteiger charge is -2.17. The third-order valence-corrected chi connectivity index (χ3v) is 6.24. The number of benzene rings is 3. The number of ether oxygens (including phenoxy) is 2. The average Bonchev–Trinajstić information content (AvgIpc) is 3.16. The summed E-state index contributed by atoms with van der Waals surface area (Å²) in [5, 5.41) is 14.3. The summed E-state index contributed by atoms with van der Waals surface area (Å²) in [6, 6.07) is 19.4. The van der Waals surface area contributed by atoms with E-state index in [4.69, 9.17) is 9.47 Å². The van der Waals surface area contributed by atoms with Crippen LogP contribution in [0.15, 0.2) is 71.2 Å². The largest absolute Gasteiger partial charge is 0.480 e. The molecule has 0 fully saturated rings. The first-order chi connectivity index (χ1) is 16.9. The van der Waals surface area contributed by atoms with Crippen LogP contribution >= 0.6 is 15.9 Å². The van der Waals surface area contributed by atoms with Crippen molar-refractivity contribution in [1.82, 2.24) is 5.32 Å². The van der Waals surface area contributed by atoms with Gasteiger partial charge in [0.15, 0.2) is 6.04 Å². The number of fused-ring (bicyclic) bond motifs is 3. The van der Waals surface area contributed by atoms with E-state index < -0.39 is 24.0 Å². The number of hydrogen-bond donors (Lipinski definition) is 3. The first kappa shape index (κ1) is 24.4. The number of hydrogen-bond acceptors (Lipinski definition) is 5. The van der Waals surface area contributed by atoms with Gasteiger partial charge in [-0.2, -0.15) is 0 Å². The molecular formula is C26H23BrN2O6. The minimum Gasteiger partial charge on any atom is -0.480 e. The number of carbonyl (C=O) groups excluding carboxylic acids is 2. The molecule has 4 rings (SSSR count). The van der Waals surface area contributed by atoms with Crippen molar-refractivity contribution in [3.05, 3.63) is 87.9 Å². The van der Waals surface area contributed by atoms with Crippen LogP contribution in [0.2, 0.25) is 0 Å². The van der Waals surface area contributed by atoms with Gasteiger partial charge < -0.3 is 19.9 Å². The van der Waals surface area contributed by atoms with E-state index >= 15 is 0 Å². The average molecular weight is 539 g/mol. The Morgan fingerprint density at radius 1 is 1.00 bits per heavy atom. The molecule has 180 valence electrons. The Bertz CT molecular complexity index is 1230. The van der Waals surface area contributed by atoms with Crippen LogP contribution in [0.5, 0.6) is 0 Å².